The Morgan fingerprint density at radius 3 is 2.50 bits per heavy atom. The summed E-state index contributed by atoms with van der Waals surface area (Å²) in [7, 11) is 1.66. The minimum Gasteiger partial charge on any atom is -0.444 e. The van der Waals surface area contributed by atoms with Crippen LogP contribution in [0.2, 0.25) is 0 Å². The summed E-state index contributed by atoms with van der Waals surface area (Å²) in [4.78, 5) is 53.0. The summed E-state index contributed by atoms with van der Waals surface area (Å²) in [5, 5.41) is 2.32. The molecule has 0 spiro atoms. The Morgan fingerprint density at radius 1 is 1.11 bits per heavy atom. The lowest BCUT2D eigenvalue weighted by atomic mass is 10.0. The van der Waals surface area contributed by atoms with E-state index < -0.39 is 35.9 Å². The minimum atomic E-state index is -1.31. The Labute approximate surface area is 219 Å². The maximum atomic E-state index is 14.9. The summed E-state index contributed by atoms with van der Waals surface area (Å²) in [6.07, 6.45) is -1.78. The van der Waals surface area contributed by atoms with Crippen molar-refractivity contribution in [3.8, 4) is 0 Å². The Balaban J connectivity index is 1.25. The van der Waals surface area contributed by atoms with Gasteiger partial charge in [0.05, 0.1) is 35.5 Å². The third-order valence-electron chi connectivity index (χ3n) is 7.29. The molecule has 3 aliphatic rings. The van der Waals surface area contributed by atoms with Crippen LogP contribution in [0.4, 0.5) is 14.9 Å². The molecule has 206 valence electrons. The molecule has 0 radical (unpaired) electrons. The quantitative estimate of drug-likeness (QED) is 0.599. The lowest BCUT2D eigenvalue weighted by molar-refractivity contribution is -0.135. The second-order valence-electron chi connectivity index (χ2n) is 11.3. The average Bonchev–Trinajstić information content (AvgIpc) is 3.06. The van der Waals surface area contributed by atoms with Crippen LogP contribution in [0.25, 0.3) is 11.0 Å². The first kappa shape index (κ1) is 26.2. The Kier molecular flexibility index (Phi) is 6.70. The number of para-hydroxylation sites is 1. The summed E-state index contributed by atoms with van der Waals surface area (Å²) in [5.41, 5.74) is 1.17. The van der Waals surface area contributed by atoms with Gasteiger partial charge in [-0.3, -0.25) is 24.0 Å². The normalized spacial score (nSPS) is 24.9. The average molecular weight is 532 g/mol. The van der Waals surface area contributed by atoms with Crippen molar-refractivity contribution in [1.29, 1.82) is 0 Å². The highest BCUT2D eigenvalue weighted by Crippen LogP contribution is 2.33. The number of aromatic nitrogens is 2. The third-order valence-corrected chi connectivity index (χ3v) is 7.29. The maximum Gasteiger partial charge on any atom is 0.410 e. The highest BCUT2D eigenvalue weighted by atomic mass is 19.1. The van der Waals surface area contributed by atoms with Gasteiger partial charge in [-0.1, -0.05) is 6.07 Å². The lowest BCUT2D eigenvalue weighted by Gasteiger charge is -2.44. The number of hydrogen-bond acceptors (Lipinski definition) is 7. The molecule has 1 aromatic carbocycles. The fourth-order valence-electron chi connectivity index (χ4n) is 5.40. The van der Waals surface area contributed by atoms with Gasteiger partial charge in [0, 0.05) is 33.1 Å². The Morgan fingerprint density at radius 2 is 1.84 bits per heavy atom. The standard InChI is InChI=1S/C26H34FN5O6/c1-26(2,3)38-25(36)30-11-10-20(16(27)14-30)37-15-12-31(13-15)17-6-5-7-18-22(17)29(4)24(35)32(18)19-8-9-21(33)28-23(19)34/h5-7,15-16,19-20H,8-14H2,1-4H3,(H,28,33,34)/t16-,19?,20-/m0/s1. The van der Waals surface area contributed by atoms with E-state index in [1.807, 2.05) is 12.1 Å². The number of benzene rings is 1. The van der Waals surface area contributed by atoms with Crippen molar-refractivity contribution in [3.63, 3.8) is 0 Å². The molecule has 1 N–H and O–H groups in total. The number of alkyl halides is 1. The molecule has 3 atom stereocenters. The zero-order chi connectivity index (χ0) is 27.4. The minimum absolute atomic E-state index is 0.0642. The van der Waals surface area contributed by atoms with Gasteiger partial charge in [0.2, 0.25) is 11.8 Å². The monoisotopic (exact) mass is 531 g/mol. The number of rotatable bonds is 4. The predicted molar refractivity (Wildman–Crippen MR) is 137 cm³/mol. The van der Waals surface area contributed by atoms with E-state index >= 15 is 0 Å². The van der Waals surface area contributed by atoms with Crippen LogP contribution in [0.15, 0.2) is 23.0 Å². The van der Waals surface area contributed by atoms with Crippen molar-refractivity contribution in [2.75, 3.05) is 31.1 Å². The van der Waals surface area contributed by atoms with Crippen LogP contribution in [0.1, 0.15) is 46.1 Å². The number of ether oxygens (including phenoxy) is 2. The first-order valence-corrected chi connectivity index (χ1v) is 13.0. The van der Waals surface area contributed by atoms with Crippen molar-refractivity contribution < 1.29 is 28.2 Å². The van der Waals surface area contributed by atoms with Gasteiger partial charge in [0.1, 0.15) is 17.8 Å². The Bertz CT molecular complexity index is 1320. The summed E-state index contributed by atoms with van der Waals surface area (Å²) in [6, 6.07) is 4.78. The van der Waals surface area contributed by atoms with Crippen LogP contribution >= 0.6 is 0 Å². The molecular weight excluding hydrogens is 497 g/mol. The molecular formula is C26H34FN5O6. The van der Waals surface area contributed by atoms with Crippen molar-refractivity contribution in [2.24, 2.45) is 7.05 Å². The molecule has 0 saturated carbocycles. The molecule has 0 aliphatic carbocycles. The molecule has 1 aromatic heterocycles. The SMILES string of the molecule is Cn1c(=O)n(C2CCC(=O)NC2=O)c2cccc(N3CC(O[C@H]4CCN(C(=O)OC(C)(C)C)C[C@@H]4F)C3)c21. The summed E-state index contributed by atoms with van der Waals surface area (Å²) in [6.45, 7) is 6.68. The first-order valence-electron chi connectivity index (χ1n) is 13.0. The van der Waals surface area contributed by atoms with Crippen molar-refractivity contribution >= 4 is 34.6 Å². The van der Waals surface area contributed by atoms with E-state index in [1.165, 1.54) is 14.0 Å². The fraction of sp³-hybridized carbons (Fsp3) is 0.615. The number of amides is 3. The Hall–Kier alpha value is -3.41. The smallest absolute Gasteiger partial charge is 0.410 e. The van der Waals surface area contributed by atoms with Gasteiger partial charge in [-0.05, 0) is 45.7 Å². The van der Waals surface area contributed by atoms with Gasteiger partial charge in [0.15, 0.2) is 0 Å². The van der Waals surface area contributed by atoms with Crippen LogP contribution in [-0.4, -0.2) is 82.1 Å². The number of halogens is 1. The number of aryl methyl sites for hydroxylation is 1. The number of anilines is 1. The van der Waals surface area contributed by atoms with Gasteiger partial charge >= 0.3 is 11.8 Å². The van der Waals surface area contributed by atoms with E-state index in [2.05, 4.69) is 10.2 Å². The number of piperidine rings is 2. The van der Waals surface area contributed by atoms with E-state index in [-0.39, 0.29) is 37.1 Å². The van der Waals surface area contributed by atoms with Gasteiger partial charge in [-0.15, -0.1) is 0 Å². The molecule has 3 amide bonds. The maximum absolute atomic E-state index is 14.9. The topological polar surface area (TPSA) is 115 Å². The van der Waals surface area contributed by atoms with E-state index in [0.717, 1.165) is 5.69 Å². The second kappa shape index (κ2) is 9.72. The zero-order valence-electron chi connectivity index (χ0n) is 22.1. The highest BCUT2D eigenvalue weighted by molar-refractivity contribution is 6.00. The molecule has 0 bridgehead atoms. The molecule has 2 aromatic rings. The van der Waals surface area contributed by atoms with Crippen molar-refractivity contribution in [1.82, 2.24) is 19.4 Å². The van der Waals surface area contributed by atoms with Crippen molar-refractivity contribution in [2.45, 2.75) is 70.1 Å². The van der Waals surface area contributed by atoms with Gasteiger partial charge in [0.25, 0.3) is 0 Å². The summed E-state index contributed by atoms with van der Waals surface area (Å²) < 4.78 is 29.3. The number of imide groups is 1. The molecule has 38 heavy (non-hydrogen) atoms. The van der Waals surface area contributed by atoms with E-state index in [0.29, 0.717) is 37.1 Å². The lowest BCUT2D eigenvalue weighted by Crippen LogP contribution is -2.57. The van der Waals surface area contributed by atoms with Crippen LogP contribution in [0.5, 0.6) is 0 Å². The van der Waals surface area contributed by atoms with Gasteiger partial charge in [-0.25, -0.2) is 14.0 Å². The number of carbonyl (C=O) groups excluding carboxylic acids is 3. The largest absolute Gasteiger partial charge is 0.444 e. The molecule has 1 unspecified atom stereocenters. The molecule has 3 saturated heterocycles. The highest BCUT2D eigenvalue weighted by Gasteiger charge is 2.39. The van der Waals surface area contributed by atoms with Crippen LogP contribution in [0.3, 0.4) is 0 Å². The van der Waals surface area contributed by atoms with E-state index in [4.69, 9.17) is 9.47 Å². The van der Waals surface area contributed by atoms with E-state index in [9.17, 15) is 23.6 Å². The third kappa shape index (κ3) is 4.89. The molecule has 3 aliphatic heterocycles. The number of hydrogen-bond donors (Lipinski definition) is 1. The molecule has 11 nitrogen and oxygen atoms in total. The van der Waals surface area contributed by atoms with Gasteiger partial charge < -0.3 is 19.3 Å². The fourth-order valence-corrected chi connectivity index (χ4v) is 5.40. The summed E-state index contributed by atoms with van der Waals surface area (Å²) >= 11 is 0. The number of likely N-dealkylation sites (tertiary alicyclic amines) is 1. The number of imidazole rings is 1. The zero-order valence-corrected chi connectivity index (χ0v) is 22.1. The molecule has 4 heterocycles. The number of carbonyl (C=O) groups is 3. The van der Waals surface area contributed by atoms with Crippen LogP contribution in [-0.2, 0) is 26.1 Å². The predicted octanol–water partition coefficient (Wildman–Crippen LogP) is 1.87. The van der Waals surface area contributed by atoms with Crippen molar-refractivity contribution in [3.05, 3.63) is 28.7 Å². The first-order chi connectivity index (χ1) is 17.9. The van der Waals surface area contributed by atoms with Gasteiger partial charge in [-0.2, -0.15) is 0 Å². The molecule has 5 rings (SSSR count). The number of nitrogens with one attached hydrogen (secondary N) is 1. The summed E-state index contributed by atoms with van der Waals surface area (Å²) in [5.74, 6) is -0.810. The van der Waals surface area contributed by atoms with E-state index in [1.54, 1.807) is 33.9 Å². The molecule has 12 heteroatoms. The number of nitrogens with zero attached hydrogens (tertiary/aromatic N) is 4. The molecule has 3 fully saturated rings. The second-order valence-corrected chi connectivity index (χ2v) is 11.3. The number of fused-ring (bicyclic) bond motifs is 1. The van der Waals surface area contributed by atoms with Crippen LogP contribution < -0.4 is 15.9 Å². The van der Waals surface area contributed by atoms with Crippen LogP contribution in [0, 0.1) is 0 Å².